The number of carbonyl (C=O) groups is 2. The van der Waals surface area contributed by atoms with Crippen molar-refractivity contribution in [2.75, 3.05) is 27.4 Å². The van der Waals surface area contributed by atoms with Gasteiger partial charge in [-0.2, -0.15) is 10.4 Å². The summed E-state index contributed by atoms with van der Waals surface area (Å²) in [6.07, 6.45) is 4.86. The maximum absolute atomic E-state index is 14.0. The highest BCUT2D eigenvalue weighted by atomic mass is 16.5. The average Bonchev–Trinajstić information content (AvgIpc) is 3.49. The van der Waals surface area contributed by atoms with Gasteiger partial charge in [0.25, 0.3) is 11.8 Å². The molecule has 2 amide bonds. The van der Waals surface area contributed by atoms with E-state index in [0.717, 1.165) is 39.4 Å². The molecule has 0 radical (unpaired) electrons. The summed E-state index contributed by atoms with van der Waals surface area (Å²) >= 11 is 0. The van der Waals surface area contributed by atoms with Crippen molar-refractivity contribution in [3.05, 3.63) is 106 Å². The molecule has 1 aromatic heterocycles. The lowest BCUT2D eigenvalue weighted by Gasteiger charge is -2.27. The summed E-state index contributed by atoms with van der Waals surface area (Å²) in [5, 5.41) is 14.9. The Kier molecular flexibility index (Phi) is 9.67. The lowest BCUT2D eigenvalue weighted by molar-refractivity contribution is -0.140. The van der Waals surface area contributed by atoms with Crippen molar-refractivity contribution in [3.63, 3.8) is 0 Å². The number of imide groups is 1. The second kappa shape index (κ2) is 14.0. The number of methoxy groups -OCH3 is 2. The number of ether oxygens (including phenoxy) is 3. The summed E-state index contributed by atoms with van der Waals surface area (Å²) in [6.45, 7) is 6.39. The van der Waals surface area contributed by atoms with E-state index in [-0.39, 0.29) is 17.7 Å². The van der Waals surface area contributed by atoms with Crippen LogP contribution in [0.25, 0.3) is 23.0 Å². The second-order valence-corrected chi connectivity index (χ2v) is 10.9. The van der Waals surface area contributed by atoms with Crippen molar-refractivity contribution in [1.29, 1.82) is 5.26 Å². The van der Waals surface area contributed by atoms with Crippen LogP contribution in [0.1, 0.15) is 37.0 Å². The number of benzene rings is 3. The lowest BCUT2D eigenvalue weighted by atomic mass is 9.92. The van der Waals surface area contributed by atoms with E-state index < -0.39 is 11.8 Å². The first-order valence-electron chi connectivity index (χ1n) is 15.1. The minimum Gasteiger partial charge on any atom is -0.494 e. The maximum atomic E-state index is 14.0. The zero-order chi connectivity index (χ0) is 32.8. The van der Waals surface area contributed by atoms with Crippen molar-refractivity contribution >= 4 is 17.9 Å². The van der Waals surface area contributed by atoms with E-state index in [1.165, 1.54) is 0 Å². The lowest BCUT2D eigenvalue weighted by Crippen LogP contribution is -2.43. The number of amides is 2. The van der Waals surface area contributed by atoms with E-state index in [9.17, 15) is 14.9 Å². The summed E-state index contributed by atoms with van der Waals surface area (Å²) in [6, 6.07) is 23.0. The van der Waals surface area contributed by atoms with Gasteiger partial charge in [-0.05, 0) is 91.9 Å². The Morgan fingerprint density at radius 3 is 2.37 bits per heavy atom. The fourth-order valence-corrected chi connectivity index (χ4v) is 5.39. The Morgan fingerprint density at radius 1 is 0.935 bits per heavy atom. The quantitative estimate of drug-likeness (QED) is 0.140. The molecular formula is C37H36N4O5. The van der Waals surface area contributed by atoms with Gasteiger partial charge >= 0.3 is 0 Å². The molecule has 0 saturated heterocycles. The van der Waals surface area contributed by atoms with Gasteiger partial charge in [0.15, 0.2) is 11.5 Å². The van der Waals surface area contributed by atoms with Crippen molar-refractivity contribution < 1.29 is 23.8 Å². The molecule has 5 rings (SSSR count). The van der Waals surface area contributed by atoms with Crippen LogP contribution in [0.4, 0.5) is 0 Å². The van der Waals surface area contributed by atoms with Crippen LogP contribution < -0.4 is 14.2 Å². The van der Waals surface area contributed by atoms with Crippen LogP contribution in [0.3, 0.4) is 0 Å². The van der Waals surface area contributed by atoms with Crippen molar-refractivity contribution in [1.82, 2.24) is 14.7 Å². The van der Waals surface area contributed by atoms with Gasteiger partial charge in [0, 0.05) is 29.4 Å². The Hall–Kier alpha value is -5.62. The molecule has 0 fully saturated rings. The van der Waals surface area contributed by atoms with Gasteiger partial charge in [-0.15, -0.1) is 0 Å². The monoisotopic (exact) mass is 616 g/mol. The number of aromatic nitrogens is 2. The predicted octanol–water partition coefficient (Wildman–Crippen LogP) is 6.49. The normalized spacial score (nSPS) is 14.1. The van der Waals surface area contributed by atoms with Gasteiger partial charge in [0.1, 0.15) is 23.1 Å². The molecule has 3 aromatic carbocycles. The Balaban J connectivity index is 1.56. The third kappa shape index (κ3) is 6.42. The van der Waals surface area contributed by atoms with Gasteiger partial charge in [-0.25, -0.2) is 4.68 Å². The fourth-order valence-electron chi connectivity index (χ4n) is 5.39. The van der Waals surface area contributed by atoms with Crippen molar-refractivity contribution in [2.24, 2.45) is 0 Å². The van der Waals surface area contributed by atoms with Gasteiger partial charge in [0.2, 0.25) is 0 Å². The third-order valence-corrected chi connectivity index (χ3v) is 7.89. The topological polar surface area (TPSA) is 107 Å². The van der Waals surface area contributed by atoms with E-state index in [4.69, 9.17) is 19.3 Å². The summed E-state index contributed by atoms with van der Waals surface area (Å²) < 4.78 is 18.3. The number of hydrogen-bond acceptors (Lipinski definition) is 7. The predicted molar refractivity (Wildman–Crippen MR) is 176 cm³/mol. The molecule has 9 heteroatoms. The van der Waals surface area contributed by atoms with Crippen molar-refractivity contribution in [2.45, 2.75) is 33.6 Å². The Bertz CT molecular complexity index is 1880. The number of aryl methyl sites for hydroxylation is 1. The highest BCUT2D eigenvalue weighted by Crippen LogP contribution is 2.34. The molecule has 0 saturated carbocycles. The maximum Gasteiger partial charge on any atom is 0.271 e. The molecule has 2 heterocycles. The molecule has 0 atom stereocenters. The molecule has 0 spiro atoms. The highest BCUT2D eigenvalue weighted by Gasteiger charge is 2.35. The number of hydrogen-bond donors (Lipinski definition) is 0. The standard InChI is InChI=1S/C37H36N4O5/c1-6-18-46-29-13-14-30(24(2)19-29)35-27(23-41(39-35)28-10-8-7-9-11-28)21-31-25(3)32(22-38)37(43)40(36(31)42)17-16-26-12-15-33(44-4)34(20-26)45-5/h7-15,19-21,23H,6,16-18H2,1-5H3/b31-21+. The van der Waals surface area contributed by atoms with E-state index in [0.29, 0.717) is 41.4 Å². The minimum absolute atomic E-state index is 0.0660. The average molecular weight is 617 g/mol. The zero-order valence-electron chi connectivity index (χ0n) is 26.7. The third-order valence-electron chi connectivity index (χ3n) is 7.89. The van der Waals surface area contributed by atoms with E-state index in [1.54, 1.807) is 38.0 Å². The number of carbonyl (C=O) groups excluding carboxylic acids is 2. The molecule has 234 valence electrons. The number of nitrogens with zero attached hydrogens (tertiary/aromatic N) is 4. The summed E-state index contributed by atoms with van der Waals surface area (Å²) in [5.74, 6) is 0.821. The molecule has 0 unspecified atom stereocenters. The van der Waals surface area contributed by atoms with Gasteiger partial charge in [-0.3, -0.25) is 14.5 Å². The van der Waals surface area contributed by atoms with Crippen LogP contribution in [0.15, 0.2) is 89.6 Å². The highest BCUT2D eigenvalue weighted by molar-refractivity contribution is 6.19. The van der Waals surface area contributed by atoms with Crippen LogP contribution in [-0.4, -0.2) is 53.9 Å². The Labute approximate surface area is 268 Å². The van der Waals surface area contributed by atoms with E-state index >= 15 is 0 Å². The van der Waals surface area contributed by atoms with Crippen LogP contribution in [-0.2, 0) is 16.0 Å². The SMILES string of the molecule is CCCOc1ccc(-c2nn(-c3ccccc3)cc2/C=C2/C(=O)N(CCc3ccc(OC)c(OC)c3)C(=O)C(C#N)=C2C)c(C)c1. The number of nitriles is 1. The first-order valence-corrected chi connectivity index (χ1v) is 15.1. The molecule has 1 aliphatic heterocycles. The van der Waals surface area contributed by atoms with Crippen LogP contribution in [0.5, 0.6) is 17.2 Å². The van der Waals surface area contributed by atoms with Crippen LogP contribution >= 0.6 is 0 Å². The number of rotatable bonds is 11. The molecule has 0 bridgehead atoms. The molecule has 46 heavy (non-hydrogen) atoms. The summed E-state index contributed by atoms with van der Waals surface area (Å²) in [7, 11) is 3.11. The zero-order valence-corrected chi connectivity index (χ0v) is 26.7. The molecular weight excluding hydrogens is 580 g/mol. The van der Waals surface area contributed by atoms with Gasteiger partial charge < -0.3 is 14.2 Å². The van der Waals surface area contributed by atoms with E-state index in [1.807, 2.05) is 79.9 Å². The van der Waals surface area contributed by atoms with E-state index in [2.05, 4.69) is 6.92 Å². The molecule has 1 aliphatic rings. The molecule has 4 aromatic rings. The number of para-hydroxylation sites is 1. The second-order valence-electron chi connectivity index (χ2n) is 10.9. The van der Waals surface area contributed by atoms with Gasteiger partial charge in [-0.1, -0.05) is 31.2 Å². The smallest absolute Gasteiger partial charge is 0.271 e. The summed E-state index contributed by atoms with van der Waals surface area (Å²) in [4.78, 5) is 28.5. The fraction of sp³-hybridized carbons (Fsp3) is 0.243. The largest absolute Gasteiger partial charge is 0.494 e. The first kappa shape index (κ1) is 31.8. The molecule has 0 N–H and O–H groups in total. The van der Waals surface area contributed by atoms with Gasteiger partial charge in [0.05, 0.1) is 26.5 Å². The van der Waals surface area contributed by atoms with Crippen LogP contribution in [0, 0.1) is 18.3 Å². The van der Waals surface area contributed by atoms with Crippen molar-refractivity contribution in [3.8, 4) is 40.3 Å². The molecule has 0 aliphatic carbocycles. The summed E-state index contributed by atoms with van der Waals surface area (Å²) in [5.41, 5.74) is 5.38. The first-order chi connectivity index (χ1) is 22.3. The van der Waals surface area contributed by atoms with Crippen LogP contribution in [0.2, 0.25) is 0 Å². The minimum atomic E-state index is -0.610. The Morgan fingerprint density at radius 2 is 1.70 bits per heavy atom. The molecule has 9 nitrogen and oxygen atoms in total.